The number of amides is 1. The molecule has 30 heavy (non-hydrogen) atoms. The van der Waals surface area contributed by atoms with Crippen molar-refractivity contribution in [2.24, 2.45) is 5.73 Å². The predicted molar refractivity (Wildman–Crippen MR) is 106 cm³/mol. The van der Waals surface area contributed by atoms with E-state index in [9.17, 15) is 13.6 Å². The maximum Gasteiger partial charge on any atom is 0.273 e. The molecule has 0 spiro atoms. The second-order valence-corrected chi connectivity index (χ2v) is 6.76. The van der Waals surface area contributed by atoms with Gasteiger partial charge in [-0.3, -0.25) is 4.79 Å². The summed E-state index contributed by atoms with van der Waals surface area (Å²) in [6.45, 7) is 3.01. The summed E-state index contributed by atoms with van der Waals surface area (Å²) < 4.78 is 39.1. The summed E-state index contributed by atoms with van der Waals surface area (Å²) in [5, 5.41) is 2.95. The highest BCUT2D eigenvalue weighted by Crippen LogP contribution is 2.30. The Morgan fingerprint density at radius 2 is 1.93 bits per heavy atom. The first kappa shape index (κ1) is 19.8. The second-order valence-electron chi connectivity index (χ2n) is 6.76. The minimum Gasteiger partial charge on any atom is -0.419 e. The molecular weight excluding hydrogens is 394 g/mol. The Morgan fingerprint density at radius 3 is 2.63 bits per heavy atom. The monoisotopic (exact) mass is 414 g/mol. The van der Waals surface area contributed by atoms with E-state index >= 15 is 0 Å². The molecule has 7 nitrogen and oxygen atoms in total. The van der Waals surface area contributed by atoms with E-state index in [0.29, 0.717) is 25.3 Å². The highest BCUT2D eigenvalue weighted by molar-refractivity contribution is 5.96. The molecule has 9 heteroatoms. The van der Waals surface area contributed by atoms with Gasteiger partial charge in [0, 0.05) is 30.9 Å². The van der Waals surface area contributed by atoms with Gasteiger partial charge in [0.2, 0.25) is 11.8 Å². The third kappa shape index (κ3) is 4.11. The lowest BCUT2D eigenvalue weighted by Gasteiger charge is -2.30. The first-order valence-corrected chi connectivity index (χ1v) is 9.45. The van der Waals surface area contributed by atoms with Crippen molar-refractivity contribution in [3.63, 3.8) is 0 Å². The number of ether oxygens (including phenoxy) is 1. The fourth-order valence-corrected chi connectivity index (χ4v) is 3.30. The molecular formula is C21H20F2N4O3. The van der Waals surface area contributed by atoms with Gasteiger partial charge in [0.1, 0.15) is 17.2 Å². The minimum atomic E-state index is -0.880. The molecule has 3 N–H and O–H groups in total. The Bertz CT molecular complexity index is 1030. The highest BCUT2D eigenvalue weighted by atomic mass is 19.1. The fourth-order valence-electron chi connectivity index (χ4n) is 3.30. The van der Waals surface area contributed by atoms with Crippen molar-refractivity contribution in [1.82, 2.24) is 9.88 Å². The third-order valence-electron chi connectivity index (χ3n) is 4.81. The molecule has 1 aliphatic heterocycles. The number of hydrogen-bond donors (Lipinski definition) is 2. The summed E-state index contributed by atoms with van der Waals surface area (Å²) in [7, 11) is 0. The average Bonchev–Trinajstić information content (AvgIpc) is 2.99. The van der Waals surface area contributed by atoms with Crippen LogP contribution in [0, 0.1) is 11.6 Å². The Balaban J connectivity index is 1.58. The Hall–Kier alpha value is -3.46. The van der Waals surface area contributed by atoms with Crippen LogP contribution in [0.25, 0.3) is 11.5 Å². The van der Waals surface area contributed by atoms with E-state index < -0.39 is 23.1 Å². The van der Waals surface area contributed by atoms with Crippen molar-refractivity contribution in [3.8, 4) is 11.5 Å². The van der Waals surface area contributed by atoms with Gasteiger partial charge in [0.25, 0.3) is 5.91 Å². The maximum absolute atomic E-state index is 14.1. The second kappa shape index (κ2) is 8.50. The number of morpholine rings is 1. The highest BCUT2D eigenvalue weighted by Gasteiger charge is 2.24. The first-order valence-electron chi connectivity index (χ1n) is 9.45. The Kier molecular flexibility index (Phi) is 5.62. The van der Waals surface area contributed by atoms with Crippen molar-refractivity contribution in [1.29, 1.82) is 0 Å². The number of benzene rings is 1. The van der Waals surface area contributed by atoms with Gasteiger partial charge in [-0.15, -0.1) is 0 Å². The maximum atomic E-state index is 14.1. The number of hydrogen-bond acceptors (Lipinski definition) is 6. The summed E-state index contributed by atoms with van der Waals surface area (Å²) in [6.07, 6.45) is 8.23. The number of primary amides is 1. The average molecular weight is 414 g/mol. The largest absolute Gasteiger partial charge is 0.419 e. The van der Waals surface area contributed by atoms with E-state index in [0.717, 1.165) is 30.9 Å². The van der Waals surface area contributed by atoms with Crippen LogP contribution < -0.4 is 11.1 Å². The third-order valence-corrected chi connectivity index (χ3v) is 4.81. The number of nitrogens with two attached hydrogens (primary N) is 1. The number of nitrogens with zero attached hydrogens (tertiary/aromatic N) is 2. The van der Waals surface area contributed by atoms with Gasteiger partial charge in [-0.1, -0.05) is 18.2 Å². The van der Waals surface area contributed by atoms with Crippen LogP contribution in [0.4, 0.5) is 14.7 Å². The Labute approximate surface area is 171 Å². The van der Waals surface area contributed by atoms with Crippen molar-refractivity contribution >= 4 is 11.8 Å². The number of oxazole rings is 1. The number of anilines is 1. The molecule has 156 valence electrons. The van der Waals surface area contributed by atoms with E-state index in [-0.39, 0.29) is 17.5 Å². The van der Waals surface area contributed by atoms with E-state index in [1.54, 1.807) is 6.08 Å². The summed E-state index contributed by atoms with van der Waals surface area (Å²) in [6, 6.07) is 3.38. The minimum absolute atomic E-state index is 0.0779. The summed E-state index contributed by atoms with van der Waals surface area (Å²) >= 11 is 0. The number of nitrogens with one attached hydrogen (secondary N) is 1. The lowest BCUT2D eigenvalue weighted by atomic mass is 10.2. The molecule has 0 radical (unpaired) electrons. The van der Waals surface area contributed by atoms with Gasteiger partial charge >= 0.3 is 0 Å². The lowest BCUT2D eigenvalue weighted by molar-refractivity contribution is 0.0528. The van der Waals surface area contributed by atoms with E-state index in [4.69, 9.17) is 14.9 Å². The van der Waals surface area contributed by atoms with Crippen molar-refractivity contribution < 1.29 is 22.7 Å². The molecule has 1 aliphatic carbocycles. The summed E-state index contributed by atoms with van der Waals surface area (Å²) in [5.74, 6) is -3.04. The van der Waals surface area contributed by atoms with Gasteiger partial charge in [0.15, 0.2) is 5.69 Å². The van der Waals surface area contributed by atoms with Crippen LogP contribution in [0.3, 0.4) is 0 Å². The number of aromatic nitrogens is 1. The molecule has 1 amide bonds. The van der Waals surface area contributed by atoms with Gasteiger partial charge in [-0.25, -0.2) is 13.8 Å². The van der Waals surface area contributed by atoms with Crippen LogP contribution in [0.2, 0.25) is 0 Å². The molecule has 1 saturated heterocycles. The van der Waals surface area contributed by atoms with E-state index in [1.165, 1.54) is 6.07 Å². The number of allylic oxidation sites excluding steroid dienone is 4. The lowest BCUT2D eigenvalue weighted by Crippen LogP contribution is -2.35. The van der Waals surface area contributed by atoms with Gasteiger partial charge in [0.05, 0.1) is 13.2 Å². The zero-order valence-corrected chi connectivity index (χ0v) is 16.0. The van der Waals surface area contributed by atoms with E-state index in [1.807, 2.05) is 18.2 Å². The van der Waals surface area contributed by atoms with Crippen LogP contribution >= 0.6 is 0 Å². The normalized spacial score (nSPS) is 16.7. The smallest absolute Gasteiger partial charge is 0.273 e. The number of carbonyl (C=O) groups excluding carboxylic acids is 1. The zero-order valence-electron chi connectivity index (χ0n) is 16.0. The van der Waals surface area contributed by atoms with Crippen LogP contribution in [0.1, 0.15) is 16.9 Å². The molecule has 1 fully saturated rings. The van der Waals surface area contributed by atoms with Crippen LogP contribution in [0.5, 0.6) is 0 Å². The topological polar surface area (TPSA) is 93.6 Å². The number of rotatable bonds is 5. The molecule has 1 aromatic heterocycles. The molecule has 4 rings (SSSR count). The molecule has 0 saturated carbocycles. The summed E-state index contributed by atoms with van der Waals surface area (Å²) in [5.41, 5.74) is 6.44. The van der Waals surface area contributed by atoms with Crippen LogP contribution in [-0.4, -0.2) is 42.1 Å². The molecule has 1 aromatic carbocycles. The molecule has 2 aliphatic rings. The quantitative estimate of drug-likeness (QED) is 0.781. The predicted octanol–water partition coefficient (Wildman–Crippen LogP) is 3.19. The number of halogens is 2. The van der Waals surface area contributed by atoms with Crippen LogP contribution in [-0.2, 0) is 4.74 Å². The van der Waals surface area contributed by atoms with Gasteiger partial charge in [-0.2, -0.15) is 0 Å². The van der Waals surface area contributed by atoms with Gasteiger partial charge in [-0.05, 0) is 24.3 Å². The van der Waals surface area contributed by atoms with Gasteiger partial charge < -0.3 is 25.1 Å². The van der Waals surface area contributed by atoms with Crippen molar-refractivity contribution in [3.05, 3.63) is 71.2 Å². The molecule has 0 atom stereocenters. The molecule has 2 heterocycles. The number of carbonyl (C=O) groups is 1. The Morgan fingerprint density at radius 1 is 1.20 bits per heavy atom. The molecule has 0 unspecified atom stereocenters. The fraction of sp³-hybridized carbons (Fsp3) is 0.238. The molecule has 0 bridgehead atoms. The standard InChI is InChI=1S/C21H20F2N4O3/c22-15-5-2-6-16(23)17(15)20-26-18(19(24)28)21(30-20)25-13-3-1-4-14(8-7-13)27-9-11-29-12-10-27/h1-7,25H,8-12H2,(H2,24,28). The summed E-state index contributed by atoms with van der Waals surface area (Å²) in [4.78, 5) is 18.0. The van der Waals surface area contributed by atoms with E-state index in [2.05, 4.69) is 15.2 Å². The molecule has 2 aromatic rings. The SMILES string of the molecule is NC(=O)c1nc(-c2c(F)cccc2F)oc1NC1=CCC(N2CCOCC2)=CC=C1. The van der Waals surface area contributed by atoms with Crippen LogP contribution in [0.15, 0.2) is 58.3 Å². The van der Waals surface area contributed by atoms with Crippen molar-refractivity contribution in [2.75, 3.05) is 31.6 Å². The zero-order chi connectivity index (χ0) is 21.1. The van der Waals surface area contributed by atoms with Crippen molar-refractivity contribution in [2.45, 2.75) is 6.42 Å². The first-order chi connectivity index (χ1) is 14.5.